The molecule has 4 rings (SSSR count). The Hall–Kier alpha value is -2.89. The first-order valence-electron chi connectivity index (χ1n) is 8.62. The van der Waals surface area contributed by atoms with E-state index < -0.39 is 0 Å². The Labute approximate surface area is 146 Å². The molecule has 0 spiro atoms. The standard InChI is InChI=1S/C19H21N5O/c1-22-11-4-7-17(22)18-6-2-3-12-23(18)19(25)16-14-15(8-10-20-16)24-13-5-9-21-24/h4-5,7-11,13-14,18H,2-3,6,12H2,1H3/t18-/m0/s1. The number of rotatable bonds is 3. The fourth-order valence-corrected chi connectivity index (χ4v) is 3.55. The van der Waals surface area contributed by atoms with Crippen LogP contribution < -0.4 is 0 Å². The number of nitrogens with zero attached hydrogens (tertiary/aromatic N) is 5. The molecule has 1 aliphatic rings. The van der Waals surface area contributed by atoms with Crippen LogP contribution in [0.2, 0.25) is 0 Å². The van der Waals surface area contributed by atoms with Gasteiger partial charge >= 0.3 is 0 Å². The maximum Gasteiger partial charge on any atom is 0.273 e. The van der Waals surface area contributed by atoms with Gasteiger partial charge in [-0.1, -0.05) is 0 Å². The Balaban J connectivity index is 1.65. The first-order valence-corrected chi connectivity index (χ1v) is 8.62. The molecule has 3 aromatic heterocycles. The molecule has 0 bridgehead atoms. The number of carbonyl (C=O) groups excluding carboxylic acids is 1. The molecule has 3 aromatic rings. The number of likely N-dealkylation sites (tertiary alicyclic amines) is 1. The minimum atomic E-state index is -0.0140. The molecular formula is C19H21N5O. The topological polar surface area (TPSA) is 56.0 Å². The van der Waals surface area contributed by atoms with Crippen molar-refractivity contribution in [3.63, 3.8) is 0 Å². The quantitative estimate of drug-likeness (QED) is 0.739. The summed E-state index contributed by atoms with van der Waals surface area (Å²) in [5.41, 5.74) is 2.49. The molecule has 1 fully saturated rings. The molecule has 0 unspecified atom stereocenters. The van der Waals surface area contributed by atoms with E-state index in [1.54, 1.807) is 17.1 Å². The van der Waals surface area contributed by atoms with Gasteiger partial charge in [-0.3, -0.25) is 9.78 Å². The molecule has 6 nitrogen and oxygen atoms in total. The van der Waals surface area contributed by atoms with Crippen molar-refractivity contribution in [2.45, 2.75) is 25.3 Å². The zero-order chi connectivity index (χ0) is 17.2. The highest BCUT2D eigenvalue weighted by atomic mass is 16.2. The Kier molecular flexibility index (Phi) is 4.09. The summed E-state index contributed by atoms with van der Waals surface area (Å²) in [7, 11) is 2.03. The zero-order valence-electron chi connectivity index (χ0n) is 14.2. The van der Waals surface area contributed by atoms with Crippen LogP contribution in [-0.2, 0) is 7.05 Å². The summed E-state index contributed by atoms with van der Waals surface area (Å²) in [4.78, 5) is 19.5. The molecule has 0 radical (unpaired) electrons. The van der Waals surface area contributed by atoms with Gasteiger partial charge in [0.25, 0.3) is 5.91 Å². The second kappa shape index (κ2) is 6.55. The third-order valence-corrected chi connectivity index (χ3v) is 4.82. The van der Waals surface area contributed by atoms with Gasteiger partial charge in [-0.2, -0.15) is 5.10 Å². The van der Waals surface area contributed by atoms with Gasteiger partial charge in [0.05, 0.1) is 11.7 Å². The van der Waals surface area contributed by atoms with Crippen LogP contribution in [0, 0.1) is 0 Å². The fraction of sp³-hybridized carbons (Fsp3) is 0.316. The summed E-state index contributed by atoms with van der Waals surface area (Å²) >= 11 is 0. The van der Waals surface area contributed by atoms with E-state index in [9.17, 15) is 4.79 Å². The molecule has 128 valence electrons. The van der Waals surface area contributed by atoms with E-state index in [0.29, 0.717) is 5.69 Å². The average molecular weight is 335 g/mol. The van der Waals surface area contributed by atoms with E-state index in [0.717, 1.165) is 31.5 Å². The van der Waals surface area contributed by atoms with E-state index in [4.69, 9.17) is 0 Å². The van der Waals surface area contributed by atoms with Gasteiger partial charge in [-0.15, -0.1) is 0 Å². The van der Waals surface area contributed by atoms with Crippen LogP contribution >= 0.6 is 0 Å². The first kappa shape index (κ1) is 15.6. The molecule has 0 aliphatic carbocycles. The van der Waals surface area contributed by atoms with E-state index in [-0.39, 0.29) is 11.9 Å². The lowest BCUT2D eigenvalue weighted by molar-refractivity contribution is 0.0596. The van der Waals surface area contributed by atoms with Crippen molar-refractivity contribution in [2.24, 2.45) is 7.05 Å². The van der Waals surface area contributed by atoms with Crippen molar-refractivity contribution in [1.82, 2.24) is 24.2 Å². The Morgan fingerprint density at radius 2 is 2.08 bits per heavy atom. The van der Waals surface area contributed by atoms with Crippen LogP contribution in [0.3, 0.4) is 0 Å². The van der Waals surface area contributed by atoms with Gasteiger partial charge in [0, 0.05) is 44.1 Å². The number of hydrogen-bond donors (Lipinski definition) is 0. The van der Waals surface area contributed by atoms with Gasteiger partial charge in [-0.25, -0.2) is 4.68 Å². The smallest absolute Gasteiger partial charge is 0.273 e. The van der Waals surface area contributed by atoms with Gasteiger partial charge in [0.2, 0.25) is 0 Å². The first-order chi connectivity index (χ1) is 12.2. The maximum absolute atomic E-state index is 13.2. The second-order valence-electron chi connectivity index (χ2n) is 6.40. The van der Waals surface area contributed by atoms with Crippen LogP contribution in [-0.4, -0.2) is 36.7 Å². The molecule has 0 saturated carbocycles. The third-order valence-electron chi connectivity index (χ3n) is 4.82. The van der Waals surface area contributed by atoms with E-state index in [1.807, 2.05) is 48.6 Å². The van der Waals surface area contributed by atoms with Crippen molar-refractivity contribution in [2.75, 3.05) is 6.54 Å². The van der Waals surface area contributed by atoms with E-state index in [1.165, 1.54) is 5.69 Å². The van der Waals surface area contributed by atoms with Gasteiger partial charge < -0.3 is 9.47 Å². The molecule has 6 heteroatoms. The second-order valence-corrected chi connectivity index (χ2v) is 6.40. The van der Waals surface area contributed by atoms with Crippen molar-refractivity contribution < 1.29 is 4.79 Å². The molecule has 4 heterocycles. The van der Waals surface area contributed by atoms with Crippen molar-refractivity contribution >= 4 is 5.91 Å². The highest BCUT2D eigenvalue weighted by molar-refractivity contribution is 5.93. The van der Waals surface area contributed by atoms with Crippen LogP contribution in [0.15, 0.2) is 55.1 Å². The van der Waals surface area contributed by atoms with Gasteiger partial charge in [0.15, 0.2) is 0 Å². The average Bonchev–Trinajstić information content (AvgIpc) is 3.33. The Morgan fingerprint density at radius 3 is 2.84 bits per heavy atom. The number of hydrogen-bond acceptors (Lipinski definition) is 3. The van der Waals surface area contributed by atoms with Crippen LogP contribution in [0.25, 0.3) is 5.69 Å². The number of piperidine rings is 1. The number of carbonyl (C=O) groups is 1. The molecule has 1 amide bonds. The van der Waals surface area contributed by atoms with Crippen LogP contribution in [0.5, 0.6) is 0 Å². The Bertz CT molecular complexity index is 868. The van der Waals surface area contributed by atoms with Crippen molar-refractivity contribution in [3.05, 3.63) is 66.5 Å². The monoisotopic (exact) mass is 335 g/mol. The summed E-state index contributed by atoms with van der Waals surface area (Å²) in [5.74, 6) is -0.0140. The SMILES string of the molecule is Cn1cccc1[C@@H]1CCCCN1C(=O)c1cc(-n2cccn2)ccn1. The molecule has 1 aliphatic heterocycles. The lowest BCUT2D eigenvalue weighted by Gasteiger charge is -2.36. The minimum Gasteiger partial charge on any atom is -0.353 e. The van der Waals surface area contributed by atoms with Gasteiger partial charge in [0.1, 0.15) is 5.69 Å². The summed E-state index contributed by atoms with van der Waals surface area (Å²) in [6, 6.07) is 9.77. The largest absolute Gasteiger partial charge is 0.353 e. The number of aromatic nitrogens is 4. The molecule has 0 N–H and O–H groups in total. The third kappa shape index (κ3) is 2.95. The minimum absolute atomic E-state index is 0.0140. The highest BCUT2D eigenvalue weighted by Gasteiger charge is 2.30. The molecule has 25 heavy (non-hydrogen) atoms. The lowest BCUT2D eigenvalue weighted by atomic mass is 9.98. The normalized spacial score (nSPS) is 17.6. The molecular weight excluding hydrogens is 314 g/mol. The van der Waals surface area contributed by atoms with E-state index in [2.05, 4.69) is 20.7 Å². The predicted molar refractivity (Wildman–Crippen MR) is 94.4 cm³/mol. The summed E-state index contributed by atoms with van der Waals surface area (Å²) in [6.45, 7) is 0.766. The molecule has 1 atom stereocenters. The van der Waals surface area contributed by atoms with E-state index >= 15 is 0 Å². The van der Waals surface area contributed by atoms with Crippen molar-refractivity contribution in [1.29, 1.82) is 0 Å². The van der Waals surface area contributed by atoms with Gasteiger partial charge in [-0.05, 0) is 49.6 Å². The fourth-order valence-electron chi connectivity index (χ4n) is 3.55. The van der Waals surface area contributed by atoms with Crippen LogP contribution in [0.1, 0.15) is 41.5 Å². The lowest BCUT2D eigenvalue weighted by Crippen LogP contribution is -2.39. The van der Waals surface area contributed by atoms with Crippen LogP contribution in [0.4, 0.5) is 0 Å². The molecule has 1 saturated heterocycles. The zero-order valence-corrected chi connectivity index (χ0v) is 14.2. The number of amides is 1. The molecule has 0 aromatic carbocycles. The predicted octanol–water partition coefficient (Wildman–Crippen LogP) is 2.97. The summed E-state index contributed by atoms with van der Waals surface area (Å²) < 4.78 is 3.84. The number of pyridine rings is 1. The Morgan fingerprint density at radius 1 is 1.16 bits per heavy atom. The number of aryl methyl sites for hydroxylation is 1. The summed E-state index contributed by atoms with van der Waals surface area (Å²) in [6.07, 6.45) is 10.4. The summed E-state index contributed by atoms with van der Waals surface area (Å²) in [5, 5.41) is 4.23. The maximum atomic E-state index is 13.2. The highest BCUT2D eigenvalue weighted by Crippen LogP contribution is 2.32. The van der Waals surface area contributed by atoms with Crippen molar-refractivity contribution in [3.8, 4) is 5.69 Å².